The lowest BCUT2D eigenvalue weighted by Gasteiger charge is -2.22. The van der Waals surface area contributed by atoms with Gasteiger partial charge in [0.2, 0.25) is 0 Å². The smallest absolute Gasteiger partial charge is 0.153 e. The highest BCUT2D eigenvalue weighted by Gasteiger charge is 2.27. The van der Waals surface area contributed by atoms with Crippen molar-refractivity contribution in [3.8, 4) is 23.6 Å². The minimum absolute atomic E-state index is 0.0436. The Morgan fingerprint density at radius 3 is 1.41 bits per heavy atom. The molecule has 1 rings (SSSR count). The van der Waals surface area contributed by atoms with E-state index in [9.17, 15) is 10.5 Å². The van der Waals surface area contributed by atoms with Gasteiger partial charge in [0.1, 0.15) is 23.3 Å². The molecule has 0 spiro atoms. The van der Waals surface area contributed by atoms with E-state index < -0.39 is 0 Å². The number of methoxy groups -OCH3 is 2. The first-order valence-corrected chi connectivity index (χ1v) is 13.1. The van der Waals surface area contributed by atoms with Crippen molar-refractivity contribution >= 4 is 23.5 Å². The van der Waals surface area contributed by atoms with Gasteiger partial charge in [-0.05, 0) is 38.2 Å². The van der Waals surface area contributed by atoms with Crippen LogP contribution < -0.4 is 9.47 Å². The predicted molar refractivity (Wildman–Crippen MR) is 131 cm³/mol. The molecule has 6 nitrogen and oxygen atoms in total. The van der Waals surface area contributed by atoms with Gasteiger partial charge in [0.05, 0.1) is 35.2 Å². The van der Waals surface area contributed by atoms with Gasteiger partial charge in [-0.1, -0.05) is 13.8 Å². The summed E-state index contributed by atoms with van der Waals surface area (Å²) in [5, 5.41) is 20.0. The Balaban J connectivity index is 3.54. The number of hydrogen-bond donors (Lipinski definition) is 0. The number of ether oxygens (including phenoxy) is 4. The van der Waals surface area contributed by atoms with Crippen LogP contribution in [-0.4, -0.2) is 51.1 Å². The van der Waals surface area contributed by atoms with E-state index in [1.54, 1.807) is 37.7 Å². The lowest BCUT2D eigenvalue weighted by molar-refractivity contribution is 0.0938. The van der Waals surface area contributed by atoms with Gasteiger partial charge in [0, 0.05) is 27.1 Å². The largest absolute Gasteiger partial charge is 0.491 e. The van der Waals surface area contributed by atoms with E-state index in [1.807, 2.05) is 13.8 Å². The maximum atomic E-state index is 9.98. The monoisotopic (exact) mass is 480 g/mol. The summed E-state index contributed by atoms with van der Waals surface area (Å²) >= 11 is 3.31. The summed E-state index contributed by atoms with van der Waals surface area (Å²) in [4.78, 5) is 1.78. The van der Waals surface area contributed by atoms with Crippen molar-refractivity contribution < 1.29 is 18.9 Å². The maximum Gasteiger partial charge on any atom is 0.153 e. The first-order valence-electron chi connectivity index (χ1n) is 11.1. The lowest BCUT2D eigenvalue weighted by atomic mass is 10.1. The van der Waals surface area contributed by atoms with Crippen LogP contribution in [0.25, 0.3) is 0 Å². The molecule has 0 amide bonds. The highest BCUT2D eigenvalue weighted by atomic mass is 32.2. The zero-order valence-corrected chi connectivity index (χ0v) is 21.8. The SMILES string of the molecule is CCCSc1c(OCCC(C)OC)c(C#N)c(C#N)c(OCCC(C)OC)c1SCCC. The Morgan fingerprint density at radius 2 is 1.12 bits per heavy atom. The molecule has 2 unspecified atom stereocenters. The van der Waals surface area contributed by atoms with Crippen molar-refractivity contribution in [3.05, 3.63) is 11.1 Å². The average Bonchev–Trinajstić information content (AvgIpc) is 2.81. The van der Waals surface area contributed by atoms with Gasteiger partial charge in [-0.25, -0.2) is 0 Å². The Bertz CT molecular complexity index is 725. The average molecular weight is 481 g/mol. The number of hydrogen-bond acceptors (Lipinski definition) is 8. The first kappa shape index (κ1) is 28.5. The summed E-state index contributed by atoms with van der Waals surface area (Å²) in [6, 6.07) is 4.42. The van der Waals surface area contributed by atoms with Crippen LogP contribution in [0.5, 0.6) is 11.5 Å². The Morgan fingerprint density at radius 1 is 0.750 bits per heavy atom. The van der Waals surface area contributed by atoms with Gasteiger partial charge in [0.25, 0.3) is 0 Å². The molecule has 0 aliphatic heterocycles. The third-order valence-electron chi connectivity index (χ3n) is 4.79. The van der Waals surface area contributed by atoms with Gasteiger partial charge in [-0.2, -0.15) is 10.5 Å². The molecule has 32 heavy (non-hydrogen) atoms. The molecule has 0 saturated heterocycles. The molecule has 178 valence electrons. The molecule has 0 fully saturated rings. The summed E-state index contributed by atoms with van der Waals surface area (Å²) < 4.78 is 22.9. The van der Waals surface area contributed by atoms with E-state index >= 15 is 0 Å². The van der Waals surface area contributed by atoms with Crippen LogP contribution in [0.15, 0.2) is 9.79 Å². The van der Waals surface area contributed by atoms with Crippen molar-refractivity contribution in [2.24, 2.45) is 0 Å². The summed E-state index contributed by atoms with van der Waals surface area (Å²) in [7, 11) is 3.33. The van der Waals surface area contributed by atoms with Crippen LogP contribution in [-0.2, 0) is 9.47 Å². The van der Waals surface area contributed by atoms with Crippen molar-refractivity contribution in [1.82, 2.24) is 0 Å². The summed E-state index contributed by atoms with van der Waals surface area (Å²) in [6.45, 7) is 8.98. The molecule has 0 radical (unpaired) electrons. The molecule has 0 aliphatic rings. The van der Waals surface area contributed by atoms with E-state index in [0.717, 1.165) is 34.1 Å². The highest BCUT2D eigenvalue weighted by molar-refractivity contribution is 8.02. The van der Waals surface area contributed by atoms with Gasteiger partial charge in [0.15, 0.2) is 11.5 Å². The molecule has 0 N–H and O–H groups in total. The third-order valence-corrected chi connectivity index (χ3v) is 7.50. The number of thioether (sulfide) groups is 2. The van der Waals surface area contributed by atoms with Crippen LogP contribution in [0.2, 0.25) is 0 Å². The molecule has 1 aromatic carbocycles. The lowest BCUT2D eigenvalue weighted by Crippen LogP contribution is -2.14. The highest BCUT2D eigenvalue weighted by Crippen LogP contribution is 2.49. The fourth-order valence-electron chi connectivity index (χ4n) is 2.71. The molecule has 1 aromatic rings. The maximum absolute atomic E-state index is 9.98. The summed E-state index contributed by atoms with van der Waals surface area (Å²) in [5.41, 5.74) is 0.485. The van der Waals surface area contributed by atoms with Crippen LogP contribution in [0.4, 0.5) is 0 Å². The fraction of sp³-hybridized carbons (Fsp3) is 0.667. The van der Waals surface area contributed by atoms with Gasteiger partial charge in [-0.3, -0.25) is 0 Å². The van der Waals surface area contributed by atoms with E-state index in [1.165, 1.54) is 0 Å². The van der Waals surface area contributed by atoms with E-state index in [-0.39, 0.29) is 23.3 Å². The summed E-state index contributed by atoms with van der Waals surface area (Å²) in [6.07, 6.45) is 3.42. The van der Waals surface area contributed by atoms with Crippen molar-refractivity contribution in [1.29, 1.82) is 10.5 Å². The van der Waals surface area contributed by atoms with Crippen LogP contribution >= 0.6 is 23.5 Å². The number of nitriles is 2. The minimum atomic E-state index is 0.0436. The number of rotatable bonds is 16. The van der Waals surface area contributed by atoms with E-state index in [2.05, 4.69) is 26.0 Å². The van der Waals surface area contributed by atoms with Gasteiger partial charge in [-0.15, -0.1) is 23.5 Å². The predicted octanol–water partition coefficient (Wildman–Crippen LogP) is 6.04. The Labute approximate surface area is 201 Å². The molecular weight excluding hydrogens is 444 g/mol. The zero-order valence-electron chi connectivity index (χ0n) is 20.2. The number of benzene rings is 1. The van der Waals surface area contributed by atoms with Crippen LogP contribution in [0.1, 0.15) is 64.5 Å². The first-order chi connectivity index (χ1) is 15.5. The quantitative estimate of drug-likeness (QED) is 0.265. The molecule has 2 atom stereocenters. The fourth-order valence-corrected chi connectivity index (χ4v) is 4.91. The molecule has 8 heteroatoms. The Hall–Kier alpha value is -1.58. The molecule has 0 aromatic heterocycles. The van der Waals surface area contributed by atoms with E-state index in [0.29, 0.717) is 37.6 Å². The number of nitrogens with zero attached hydrogens (tertiary/aromatic N) is 2. The topological polar surface area (TPSA) is 84.5 Å². The van der Waals surface area contributed by atoms with Gasteiger partial charge < -0.3 is 18.9 Å². The second-order valence-electron chi connectivity index (χ2n) is 7.35. The van der Waals surface area contributed by atoms with Crippen LogP contribution in [0, 0.1) is 22.7 Å². The second kappa shape index (κ2) is 16.1. The molecular formula is C24H36N2O4S2. The van der Waals surface area contributed by atoms with Gasteiger partial charge >= 0.3 is 0 Å². The standard InChI is InChI=1S/C24H36N2O4S2/c1-7-13-31-23-21(29-11-9-17(3)27-5)19(15-25)20(16-26)22(24(23)32-14-8-2)30-12-10-18(4)28-6/h17-18H,7-14H2,1-6H3. The van der Waals surface area contributed by atoms with Crippen LogP contribution in [0.3, 0.4) is 0 Å². The third kappa shape index (κ3) is 8.41. The molecule has 0 saturated carbocycles. The van der Waals surface area contributed by atoms with Crippen molar-refractivity contribution in [2.45, 2.75) is 75.4 Å². The Kier molecular flexibility index (Phi) is 14.3. The minimum Gasteiger partial charge on any atom is -0.491 e. The summed E-state index contributed by atoms with van der Waals surface area (Å²) in [5.74, 6) is 2.73. The normalized spacial score (nSPS) is 12.6. The van der Waals surface area contributed by atoms with E-state index in [4.69, 9.17) is 18.9 Å². The molecule has 0 heterocycles. The second-order valence-corrected chi connectivity index (χ2v) is 9.56. The zero-order chi connectivity index (χ0) is 23.9. The molecule has 0 bridgehead atoms. The van der Waals surface area contributed by atoms with Crippen molar-refractivity contribution in [3.63, 3.8) is 0 Å². The molecule has 0 aliphatic carbocycles. The van der Waals surface area contributed by atoms with Crippen molar-refractivity contribution in [2.75, 3.05) is 38.9 Å².